The van der Waals surface area contributed by atoms with E-state index in [0.29, 0.717) is 17.1 Å². The molecule has 0 aliphatic carbocycles. The molecule has 2 heterocycles. The van der Waals surface area contributed by atoms with Crippen LogP contribution in [0.25, 0.3) is 10.9 Å². The molecule has 1 aliphatic rings. The number of H-pyrrole nitrogens is 1. The Hall–Kier alpha value is -3.28. The van der Waals surface area contributed by atoms with Crippen molar-refractivity contribution in [3.8, 4) is 11.5 Å². The van der Waals surface area contributed by atoms with Gasteiger partial charge in [0.25, 0.3) is 11.7 Å². The first-order valence-electron chi connectivity index (χ1n) is 7.49. The largest absolute Gasteiger partial charge is 0.454 e. The van der Waals surface area contributed by atoms with Gasteiger partial charge in [-0.15, -0.1) is 0 Å². The molecule has 120 valence electrons. The number of rotatable bonds is 4. The molecular weight excluding hydrogens is 308 g/mol. The fourth-order valence-corrected chi connectivity index (χ4v) is 2.70. The van der Waals surface area contributed by atoms with Crippen LogP contribution in [-0.4, -0.2) is 23.5 Å². The van der Waals surface area contributed by atoms with Crippen molar-refractivity contribution >= 4 is 22.6 Å². The van der Waals surface area contributed by atoms with Crippen LogP contribution >= 0.6 is 0 Å². The SMILES string of the molecule is O=C(NCc1ccc2c(c1)OCO2)C(=O)c1c[nH]c2ccccc12. The van der Waals surface area contributed by atoms with E-state index in [9.17, 15) is 9.59 Å². The first-order valence-corrected chi connectivity index (χ1v) is 7.49. The Morgan fingerprint density at radius 2 is 1.92 bits per heavy atom. The number of para-hydroxylation sites is 1. The van der Waals surface area contributed by atoms with Crippen molar-refractivity contribution in [1.29, 1.82) is 0 Å². The summed E-state index contributed by atoms with van der Waals surface area (Å²) in [6.07, 6.45) is 1.56. The number of fused-ring (bicyclic) bond motifs is 2. The summed E-state index contributed by atoms with van der Waals surface area (Å²) < 4.78 is 10.5. The quantitative estimate of drug-likeness (QED) is 0.571. The number of amides is 1. The van der Waals surface area contributed by atoms with Crippen LogP contribution in [0.1, 0.15) is 15.9 Å². The Balaban J connectivity index is 1.47. The molecule has 0 radical (unpaired) electrons. The van der Waals surface area contributed by atoms with Gasteiger partial charge in [-0.3, -0.25) is 9.59 Å². The zero-order valence-electron chi connectivity index (χ0n) is 12.7. The third kappa shape index (κ3) is 2.48. The second kappa shape index (κ2) is 5.73. The highest BCUT2D eigenvalue weighted by Crippen LogP contribution is 2.32. The molecule has 3 aromatic rings. The molecule has 1 amide bonds. The predicted molar refractivity (Wildman–Crippen MR) is 87.0 cm³/mol. The van der Waals surface area contributed by atoms with Gasteiger partial charge in [-0.1, -0.05) is 24.3 Å². The highest BCUT2D eigenvalue weighted by Gasteiger charge is 2.20. The topological polar surface area (TPSA) is 80.4 Å². The zero-order valence-corrected chi connectivity index (χ0v) is 12.7. The van der Waals surface area contributed by atoms with E-state index in [-0.39, 0.29) is 13.3 Å². The number of nitrogens with one attached hydrogen (secondary N) is 2. The Bertz CT molecular complexity index is 945. The van der Waals surface area contributed by atoms with E-state index < -0.39 is 11.7 Å². The van der Waals surface area contributed by atoms with Crippen LogP contribution in [0.3, 0.4) is 0 Å². The second-order valence-corrected chi connectivity index (χ2v) is 5.45. The van der Waals surface area contributed by atoms with Crippen LogP contribution < -0.4 is 14.8 Å². The van der Waals surface area contributed by atoms with Gasteiger partial charge in [-0.05, 0) is 23.8 Å². The van der Waals surface area contributed by atoms with E-state index in [1.807, 2.05) is 30.3 Å². The molecule has 2 N–H and O–H groups in total. The van der Waals surface area contributed by atoms with Crippen molar-refractivity contribution < 1.29 is 19.1 Å². The molecule has 1 aliphatic heterocycles. The average Bonchev–Trinajstić information content (AvgIpc) is 3.25. The lowest BCUT2D eigenvalue weighted by atomic mass is 10.1. The van der Waals surface area contributed by atoms with E-state index in [1.54, 1.807) is 18.3 Å². The van der Waals surface area contributed by atoms with Crippen LogP contribution in [0.2, 0.25) is 0 Å². The van der Waals surface area contributed by atoms with Gasteiger partial charge in [0, 0.05) is 23.6 Å². The minimum Gasteiger partial charge on any atom is -0.454 e. The van der Waals surface area contributed by atoms with Crippen molar-refractivity contribution in [2.45, 2.75) is 6.54 Å². The highest BCUT2D eigenvalue weighted by atomic mass is 16.7. The Kier molecular flexibility index (Phi) is 3.42. The third-order valence-electron chi connectivity index (χ3n) is 3.93. The van der Waals surface area contributed by atoms with E-state index in [4.69, 9.17) is 9.47 Å². The summed E-state index contributed by atoms with van der Waals surface area (Å²) in [6.45, 7) is 0.438. The van der Waals surface area contributed by atoms with Gasteiger partial charge in [0.05, 0.1) is 5.56 Å². The number of hydrogen-bond donors (Lipinski definition) is 2. The molecule has 0 atom stereocenters. The summed E-state index contributed by atoms with van der Waals surface area (Å²) in [5.74, 6) is 0.121. The highest BCUT2D eigenvalue weighted by molar-refractivity contribution is 6.44. The normalized spacial score (nSPS) is 12.3. The molecule has 0 unspecified atom stereocenters. The molecule has 0 fully saturated rings. The maximum Gasteiger partial charge on any atom is 0.292 e. The maximum atomic E-state index is 12.4. The van der Waals surface area contributed by atoms with Crippen LogP contribution in [0, 0.1) is 0 Å². The molecule has 6 nitrogen and oxygen atoms in total. The summed E-state index contributed by atoms with van der Waals surface area (Å²) >= 11 is 0. The van der Waals surface area contributed by atoms with E-state index >= 15 is 0 Å². The van der Waals surface area contributed by atoms with Crippen LogP contribution in [0.4, 0.5) is 0 Å². The molecule has 24 heavy (non-hydrogen) atoms. The molecular formula is C18H14N2O4. The number of benzene rings is 2. The van der Waals surface area contributed by atoms with Gasteiger partial charge in [0.1, 0.15) is 0 Å². The number of ketones is 1. The minimum absolute atomic E-state index is 0.199. The van der Waals surface area contributed by atoms with Crippen molar-refractivity contribution in [2.75, 3.05) is 6.79 Å². The zero-order chi connectivity index (χ0) is 16.5. The van der Waals surface area contributed by atoms with Gasteiger partial charge in [-0.2, -0.15) is 0 Å². The summed E-state index contributed by atoms with van der Waals surface area (Å²) in [5, 5.41) is 3.38. The van der Waals surface area contributed by atoms with Crippen molar-refractivity contribution in [1.82, 2.24) is 10.3 Å². The predicted octanol–water partition coefficient (Wildman–Crippen LogP) is 2.40. The number of carbonyl (C=O) groups is 2. The minimum atomic E-state index is -0.641. The number of ether oxygens (including phenoxy) is 2. The molecule has 0 bridgehead atoms. The van der Waals surface area contributed by atoms with Crippen molar-refractivity contribution in [3.05, 3.63) is 59.8 Å². The Morgan fingerprint density at radius 1 is 1.08 bits per heavy atom. The molecule has 1 aromatic heterocycles. The van der Waals surface area contributed by atoms with Crippen LogP contribution in [0.5, 0.6) is 11.5 Å². The number of aromatic amines is 1. The molecule has 0 saturated carbocycles. The standard InChI is InChI=1S/C18H14N2O4/c21-17(13-9-19-14-4-2-1-3-12(13)14)18(22)20-8-11-5-6-15-16(7-11)24-10-23-15/h1-7,9,19H,8,10H2,(H,20,22). The lowest BCUT2D eigenvalue weighted by molar-refractivity contribution is -0.117. The van der Waals surface area contributed by atoms with Gasteiger partial charge < -0.3 is 19.8 Å². The monoisotopic (exact) mass is 322 g/mol. The fraction of sp³-hybridized carbons (Fsp3) is 0.111. The maximum absolute atomic E-state index is 12.4. The second-order valence-electron chi connectivity index (χ2n) is 5.45. The average molecular weight is 322 g/mol. The number of carbonyl (C=O) groups excluding carboxylic acids is 2. The van der Waals surface area contributed by atoms with E-state index in [1.165, 1.54) is 0 Å². The smallest absolute Gasteiger partial charge is 0.292 e. The van der Waals surface area contributed by atoms with E-state index in [2.05, 4.69) is 10.3 Å². The van der Waals surface area contributed by atoms with Crippen LogP contribution in [-0.2, 0) is 11.3 Å². The molecule has 2 aromatic carbocycles. The first-order chi connectivity index (χ1) is 11.7. The van der Waals surface area contributed by atoms with Crippen molar-refractivity contribution in [3.63, 3.8) is 0 Å². The lowest BCUT2D eigenvalue weighted by Crippen LogP contribution is -2.30. The van der Waals surface area contributed by atoms with Crippen molar-refractivity contribution in [2.24, 2.45) is 0 Å². The summed E-state index contributed by atoms with van der Waals surface area (Å²) in [7, 11) is 0. The summed E-state index contributed by atoms with van der Waals surface area (Å²) in [4.78, 5) is 27.5. The van der Waals surface area contributed by atoms with Gasteiger partial charge >= 0.3 is 0 Å². The molecule has 0 saturated heterocycles. The Morgan fingerprint density at radius 3 is 2.83 bits per heavy atom. The van der Waals surface area contributed by atoms with Gasteiger partial charge in [0.15, 0.2) is 11.5 Å². The van der Waals surface area contributed by atoms with Gasteiger partial charge in [0.2, 0.25) is 6.79 Å². The fourth-order valence-electron chi connectivity index (χ4n) is 2.70. The number of aromatic nitrogens is 1. The lowest BCUT2D eigenvalue weighted by Gasteiger charge is -2.05. The summed E-state index contributed by atoms with van der Waals surface area (Å²) in [6, 6.07) is 12.8. The third-order valence-corrected chi connectivity index (χ3v) is 3.93. The van der Waals surface area contributed by atoms with Crippen LogP contribution in [0.15, 0.2) is 48.7 Å². The molecule has 0 spiro atoms. The number of Topliss-reactive ketones (excluding diaryl/α,β-unsaturated/α-hetero) is 1. The first kappa shape index (κ1) is 14.3. The number of hydrogen-bond acceptors (Lipinski definition) is 4. The summed E-state index contributed by atoms with van der Waals surface area (Å²) in [5.41, 5.74) is 2.03. The Labute approximate surface area is 137 Å². The van der Waals surface area contributed by atoms with Gasteiger partial charge in [-0.25, -0.2) is 0 Å². The molecule has 6 heteroatoms. The molecule has 4 rings (SSSR count). The van der Waals surface area contributed by atoms with E-state index in [0.717, 1.165) is 16.5 Å².